The normalized spacial score (nSPS) is 10.6. The highest BCUT2D eigenvalue weighted by atomic mass is 32.1. The fourth-order valence-electron chi connectivity index (χ4n) is 3.40. The van der Waals surface area contributed by atoms with Crippen LogP contribution in [-0.4, -0.2) is 40.9 Å². The van der Waals surface area contributed by atoms with Gasteiger partial charge in [0.05, 0.1) is 28.9 Å². The highest BCUT2D eigenvalue weighted by molar-refractivity contribution is 7.19. The summed E-state index contributed by atoms with van der Waals surface area (Å²) < 4.78 is 10.4. The Morgan fingerprint density at radius 2 is 1.25 bits per heavy atom. The first-order valence-corrected chi connectivity index (χ1v) is 13.6. The van der Waals surface area contributed by atoms with E-state index in [0.29, 0.717) is 11.1 Å². The Morgan fingerprint density at radius 1 is 0.800 bits per heavy atom. The topological polar surface area (TPSA) is 171 Å². The lowest BCUT2D eigenvalue weighted by Crippen LogP contribution is -2.16. The van der Waals surface area contributed by atoms with Crippen LogP contribution in [0.5, 0.6) is 0 Å². The van der Waals surface area contributed by atoms with Crippen LogP contribution in [0.2, 0.25) is 0 Å². The van der Waals surface area contributed by atoms with E-state index in [1.807, 2.05) is 12.1 Å². The minimum absolute atomic E-state index is 0.0406. The summed E-state index contributed by atoms with van der Waals surface area (Å²) >= 11 is 1.86. The fourth-order valence-corrected chi connectivity index (χ4v) is 5.47. The van der Waals surface area contributed by atoms with Crippen LogP contribution in [0.1, 0.15) is 90.1 Å². The molecule has 0 aliphatic heterocycles. The van der Waals surface area contributed by atoms with E-state index >= 15 is 0 Å². The largest absolute Gasteiger partial charge is 0.459 e. The highest BCUT2D eigenvalue weighted by Crippen LogP contribution is 2.34. The predicted molar refractivity (Wildman–Crippen MR) is 149 cm³/mol. The van der Waals surface area contributed by atoms with Gasteiger partial charge in [0.1, 0.15) is 37.6 Å². The Morgan fingerprint density at radius 3 is 1.62 bits per heavy atom. The molecule has 206 valence electrons. The molecular formula is C27H25N5O6S2. The molecule has 0 fully saturated rings. The second-order valence-corrected chi connectivity index (χ2v) is 11.0. The number of aromatic nitrogens is 1. The fraction of sp³-hybridized carbons (Fsp3) is 0.296. The van der Waals surface area contributed by atoms with Gasteiger partial charge in [0, 0.05) is 6.20 Å². The molecule has 3 aromatic rings. The quantitative estimate of drug-likeness (QED) is 0.340. The van der Waals surface area contributed by atoms with Crippen molar-refractivity contribution in [1.29, 1.82) is 10.5 Å². The summed E-state index contributed by atoms with van der Waals surface area (Å²) in [6, 6.07) is 6.68. The molecule has 3 heterocycles. The first kappa shape index (κ1) is 30.0. The molecule has 13 heteroatoms. The van der Waals surface area contributed by atoms with E-state index in [-0.39, 0.29) is 54.3 Å². The van der Waals surface area contributed by atoms with Gasteiger partial charge in [-0.2, -0.15) is 10.5 Å². The molecule has 0 saturated carbocycles. The number of rotatable bonds is 8. The maximum atomic E-state index is 12.8. The summed E-state index contributed by atoms with van der Waals surface area (Å²) in [5, 5.41) is 24.7. The molecule has 0 unspecified atom stereocenters. The molecule has 11 nitrogen and oxygen atoms in total. The number of hydrogen-bond donors (Lipinski definition) is 2. The Kier molecular flexibility index (Phi) is 9.37. The van der Waals surface area contributed by atoms with Gasteiger partial charge in [0.2, 0.25) is 0 Å². The zero-order valence-electron chi connectivity index (χ0n) is 22.5. The number of nitriles is 2. The minimum Gasteiger partial charge on any atom is -0.459 e. The minimum atomic E-state index is -0.651. The third-order valence-electron chi connectivity index (χ3n) is 5.29. The second kappa shape index (κ2) is 12.5. The molecule has 0 aliphatic rings. The summed E-state index contributed by atoms with van der Waals surface area (Å²) in [5.74, 6) is -2.43. The zero-order chi connectivity index (χ0) is 29.7. The van der Waals surface area contributed by atoms with Crippen LogP contribution in [0.15, 0.2) is 18.3 Å². The average Bonchev–Trinajstić information content (AvgIpc) is 3.38. The number of carbonyl (C=O) groups is 4. The Labute approximate surface area is 238 Å². The van der Waals surface area contributed by atoms with Gasteiger partial charge in [-0.15, -0.1) is 22.7 Å². The molecule has 0 aromatic carbocycles. The van der Waals surface area contributed by atoms with Gasteiger partial charge in [-0.3, -0.25) is 14.6 Å². The number of nitrogens with zero attached hydrogens (tertiary/aromatic N) is 3. The van der Waals surface area contributed by atoms with Crippen LogP contribution in [0.25, 0.3) is 0 Å². The van der Waals surface area contributed by atoms with Gasteiger partial charge in [-0.1, -0.05) is 0 Å². The molecular weight excluding hydrogens is 554 g/mol. The zero-order valence-corrected chi connectivity index (χ0v) is 24.1. The molecule has 0 atom stereocenters. The van der Waals surface area contributed by atoms with E-state index in [1.165, 1.54) is 18.3 Å². The Bertz CT molecular complexity index is 1450. The summed E-state index contributed by atoms with van der Waals surface area (Å²) in [7, 11) is 0. The van der Waals surface area contributed by atoms with Crippen molar-refractivity contribution in [3.8, 4) is 12.1 Å². The van der Waals surface area contributed by atoms with Crippen molar-refractivity contribution in [3.63, 3.8) is 0 Å². The Balaban J connectivity index is 1.77. The van der Waals surface area contributed by atoms with Crippen molar-refractivity contribution in [2.45, 2.75) is 53.8 Å². The van der Waals surface area contributed by atoms with E-state index < -0.39 is 23.8 Å². The molecule has 3 aromatic heterocycles. The maximum Gasteiger partial charge on any atom is 0.348 e. The van der Waals surface area contributed by atoms with E-state index in [2.05, 4.69) is 15.6 Å². The van der Waals surface area contributed by atoms with E-state index in [0.717, 1.165) is 22.7 Å². The first-order chi connectivity index (χ1) is 18.9. The number of anilines is 2. The van der Waals surface area contributed by atoms with Crippen molar-refractivity contribution in [2.75, 3.05) is 10.6 Å². The number of ether oxygens (including phenoxy) is 2. The van der Waals surface area contributed by atoms with Crippen LogP contribution < -0.4 is 10.6 Å². The standard InChI is InChI=1S/C27H25N5O6S2/c1-12(2)37-26(35)20-14(5)17(9-28)24(39-20)31-22(33)16-7-8-19(30-11-16)23(34)32-25-18(10-29)15(6)21(40-25)27(36)38-13(3)4/h7-8,11-13H,1-6H3,(H,31,33)(H,32,34). The lowest BCUT2D eigenvalue weighted by Gasteiger charge is -2.06. The number of pyridine rings is 1. The first-order valence-electron chi connectivity index (χ1n) is 12.0. The van der Waals surface area contributed by atoms with E-state index in [1.54, 1.807) is 41.5 Å². The molecule has 0 spiro atoms. The lowest BCUT2D eigenvalue weighted by molar-refractivity contribution is 0.0372. The van der Waals surface area contributed by atoms with Gasteiger partial charge in [0.15, 0.2) is 0 Å². The molecule has 2 N–H and O–H groups in total. The number of thiophene rings is 2. The summed E-state index contributed by atoms with van der Waals surface area (Å²) in [6.07, 6.45) is 0.482. The monoisotopic (exact) mass is 579 g/mol. The maximum absolute atomic E-state index is 12.8. The highest BCUT2D eigenvalue weighted by Gasteiger charge is 2.25. The molecule has 40 heavy (non-hydrogen) atoms. The van der Waals surface area contributed by atoms with Gasteiger partial charge < -0.3 is 20.1 Å². The molecule has 3 rings (SSSR count). The smallest absolute Gasteiger partial charge is 0.348 e. The molecule has 0 aliphatic carbocycles. The lowest BCUT2D eigenvalue weighted by atomic mass is 10.1. The number of nitrogens with one attached hydrogen (secondary N) is 2. The van der Waals surface area contributed by atoms with Crippen LogP contribution in [0.3, 0.4) is 0 Å². The summed E-state index contributed by atoms with van der Waals surface area (Å²) in [6.45, 7) is 10.0. The Hall–Kier alpha value is -4.59. The van der Waals surface area contributed by atoms with Crippen molar-refractivity contribution in [1.82, 2.24) is 4.98 Å². The number of amides is 2. The van der Waals surface area contributed by atoms with Crippen molar-refractivity contribution >= 4 is 56.4 Å². The van der Waals surface area contributed by atoms with Gasteiger partial charge in [0.25, 0.3) is 11.8 Å². The third-order valence-corrected chi connectivity index (χ3v) is 7.66. The summed E-state index contributed by atoms with van der Waals surface area (Å²) in [4.78, 5) is 54.8. The molecule has 0 bridgehead atoms. The van der Waals surface area contributed by atoms with Gasteiger partial charge in [-0.05, 0) is 64.8 Å². The molecule has 2 amide bonds. The number of hydrogen-bond acceptors (Lipinski definition) is 11. The summed E-state index contributed by atoms with van der Waals surface area (Å²) in [5.41, 5.74) is 1.15. The van der Waals surface area contributed by atoms with Crippen molar-refractivity contribution < 1.29 is 28.7 Å². The predicted octanol–water partition coefficient (Wildman–Crippen LogP) is 5.20. The second-order valence-electron chi connectivity index (χ2n) is 8.99. The van der Waals surface area contributed by atoms with Crippen LogP contribution in [0, 0.1) is 36.5 Å². The van der Waals surface area contributed by atoms with Crippen LogP contribution >= 0.6 is 22.7 Å². The van der Waals surface area contributed by atoms with Gasteiger partial charge in [-0.25, -0.2) is 9.59 Å². The van der Waals surface area contributed by atoms with E-state index in [9.17, 15) is 29.7 Å². The molecule has 0 radical (unpaired) electrons. The number of carbonyl (C=O) groups excluding carboxylic acids is 4. The van der Waals surface area contributed by atoms with E-state index in [4.69, 9.17) is 9.47 Å². The molecule has 0 saturated heterocycles. The average molecular weight is 580 g/mol. The third kappa shape index (κ3) is 6.51. The van der Waals surface area contributed by atoms with Crippen molar-refractivity contribution in [2.24, 2.45) is 0 Å². The van der Waals surface area contributed by atoms with Crippen LogP contribution in [-0.2, 0) is 9.47 Å². The van der Waals surface area contributed by atoms with Gasteiger partial charge >= 0.3 is 11.9 Å². The van der Waals surface area contributed by atoms with Crippen LogP contribution in [0.4, 0.5) is 10.0 Å². The SMILES string of the molecule is Cc1c(C(=O)OC(C)C)sc(NC(=O)c2ccc(C(=O)Nc3sc(C(=O)OC(C)C)c(C)c3C#N)nc2)c1C#N. The van der Waals surface area contributed by atoms with Crippen molar-refractivity contribution in [3.05, 3.63) is 61.6 Å². The number of esters is 2.